The van der Waals surface area contributed by atoms with Crippen molar-refractivity contribution >= 4 is 17.7 Å². The van der Waals surface area contributed by atoms with E-state index in [-0.39, 0.29) is 29.4 Å². The first-order valence-corrected chi connectivity index (χ1v) is 10.4. The molecule has 3 amide bonds. The summed E-state index contributed by atoms with van der Waals surface area (Å²) in [7, 11) is 0. The molecule has 7 heteroatoms. The zero-order chi connectivity index (χ0) is 20.1. The van der Waals surface area contributed by atoms with E-state index in [1.807, 2.05) is 23.6 Å². The maximum absolute atomic E-state index is 13.0. The highest BCUT2D eigenvalue weighted by Crippen LogP contribution is 2.24. The van der Waals surface area contributed by atoms with Crippen LogP contribution in [-0.2, 0) is 9.59 Å². The third-order valence-electron chi connectivity index (χ3n) is 5.81. The molecule has 1 atom stereocenters. The van der Waals surface area contributed by atoms with E-state index >= 15 is 0 Å². The highest BCUT2D eigenvalue weighted by atomic mass is 16.3. The van der Waals surface area contributed by atoms with Crippen molar-refractivity contribution in [3.63, 3.8) is 0 Å². The number of hydrogen-bond donors (Lipinski definition) is 1. The summed E-state index contributed by atoms with van der Waals surface area (Å²) in [6.45, 7) is 6.90. The molecule has 0 bridgehead atoms. The van der Waals surface area contributed by atoms with Gasteiger partial charge in [0.1, 0.15) is 6.04 Å². The van der Waals surface area contributed by atoms with Gasteiger partial charge in [-0.25, -0.2) is 0 Å². The summed E-state index contributed by atoms with van der Waals surface area (Å²) < 4.78 is 5.12. The molecule has 2 fully saturated rings. The Morgan fingerprint density at radius 1 is 1.11 bits per heavy atom. The molecule has 1 unspecified atom stereocenters. The van der Waals surface area contributed by atoms with Crippen molar-refractivity contribution in [1.82, 2.24) is 15.1 Å². The van der Waals surface area contributed by atoms with Crippen LogP contribution < -0.4 is 5.32 Å². The second-order valence-corrected chi connectivity index (χ2v) is 8.23. The van der Waals surface area contributed by atoms with Gasteiger partial charge in [0.05, 0.1) is 6.26 Å². The van der Waals surface area contributed by atoms with Crippen molar-refractivity contribution < 1.29 is 18.8 Å². The van der Waals surface area contributed by atoms with Gasteiger partial charge in [-0.2, -0.15) is 0 Å². The quantitative estimate of drug-likeness (QED) is 0.809. The Balaban J connectivity index is 1.50. The third-order valence-corrected chi connectivity index (χ3v) is 5.81. The Morgan fingerprint density at radius 2 is 1.79 bits per heavy atom. The molecule has 154 valence electrons. The molecule has 0 aromatic carbocycles. The minimum atomic E-state index is -0.583. The van der Waals surface area contributed by atoms with Gasteiger partial charge in [0.15, 0.2) is 5.76 Å². The predicted octanol–water partition coefficient (Wildman–Crippen LogP) is 2.29. The smallest absolute Gasteiger partial charge is 0.287 e. The molecule has 0 aliphatic carbocycles. The number of hydrogen-bond acceptors (Lipinski definition) is 4. The lowest BCUT2D eigenvalue weighted by Crippen LogP contribution is -2.53. The monoisotopic (exact) mass is 389 g/mol. The molecule has 3 rings (SSSR count). The van der Waals surface area contributed by atoms with Gasteiger partial charge in [0.25, 0.3) is 5.91 Å². The molecule has 7 nitrogen and oxygen atoms in total. The minimum Gasteiger partial charge on any atom is -0.459 e. The lowest BCUT2D eigenvalue weighted by Gasteiger charge is -2.35. The van der Waals surface area contributed by atoms with E-state index in [2.05, 4.69) is 5.32 Å². The van der Waals surface area contributed by atoms with Gasteiger partial charge in [-0.3, -0.25) is 14.4 Å². The van der Waals surface area contributed by atoms with Crippen LogP contribution in [0.4, 0.5) is 0 Å². The molecule has 0 saturated carbocycles. The van der Waals surface area contributed by atoms with Gasteiger partial charge >= 0.3 is 0 Å². The normalized spacial score (nSPS) is 19.1. The number of nitrogens with zero attached hydrogens (tertiary/aromatic N) is 2. The molecule has 1 N–H and O–H groups in total. The average molecular weight is 389 g/mol. The number of carbonyl (C=O) groups excluding carboxylic acids is 3. The van der Waals surface area contributed by atoms with E-state index in [0.717, 1.165) is 38.8 Å². The fourth-order valence-corrected chi connectivity index (χ4v) is 4.03. The number of nitrogens with one attached hydrogen (secondary N) is 1. The third kappa shape index (κ3) is 4.94. The summed E-state index contributed by atoms with van der Waals surface area (Å²) in [6.07, 6.45) is 5.92. The molecule has 1 aromatic heterocycles. The first-order chi connectivity index (χ1) is 13.5. The van der Waals surface area contributed by atoms with Gasteiger partial charge in [0, 0.05) is 32.6 Å². The average Bonchev–Trinajstić information content (AvgIpc) is 3.39. The largest absolute Gasteiger partial charge is 0.459 e. The fraction of sp³-hybridized carbons (Fsp3) is 0.667. The van der Waals surface area contributed by atoms with E-state index in [4.69, 9.17) is 4.42 Å². The molecule has 2 aliphatic heterocycles. The van der Waals surface area contributed by atoms with Crippen LogP contribution in [0.25, 0.3) is 0 Å². The van der Waals surface area contributed by atoms with E-state index < -0.39 is 6.04 Å². The lowest BCUT2D eigenvalue weighted by atomic mass is 9.92. The Hall–Kier alpha value is -2.31. The summed E-state index contributed by atoms with van der Waals surface area (Å²) >= 11 is 0. The maximum atomic E-state index is 13.0. The molecule has 0 radical (unpaired) electrons. The first-order valence-electron chi connectivity index (χ1n) is 10.4. The van der Waals surface area contributed by atoms with E-state index in [0.29, 0.717) is 25.4 Å². The summed E-state index contributed by atoms with van der Waals surface area (Å²) in [5.41, 5.74) is 0. The Kier molecular flexibility index (Phi) is 6.75. The van der Waals surface area contributed by atoms with Gasteiger partial charge in [0.2, 0.25) is 11.8 Å². The van der Waals surface area contributed by atoms with E-state index in [1.54, 1.807) is 12.1 Å². The summed E-state index contributed by atoms with van der Waals surface area (Å²) in [6, 6.07) is 2.65. The molecular weight excluding hydrogens is 358 g/mol. The van der Waals surface area contributed by atoms with Crippen LogP contribution in [0.3, 0.4) is 0 Å². The standard InChI is InChI=1S/C21H31N3O4/c1-15(2)19(22-20(26)17-6-5-13-28-17)21(27)24-11-7-16(8-12-24)14-18(25)23-9-3-4-10-23/h5-6,13,15-16,19H,3-4,7-12,14H2,1-2H3,(H,22,26). The van der Waals surface area contributed by atoms with Crippen LogP contribution in [0, 0.1) is 11.8 Å². The highest BCUT2D eigenvalue weighted by molar-refractivity contribution is 5.95. The predicted molar refractivity (Wildman–Crippen MR) is 105 cm³/mol. The van der Waals surface area contributed by atoms with Gasteiger partial charge in [-0.1, -0.05) is 13.8 Å². The van der Waals surface area contributed by atoms with Gasteiger partial charge in [-0.15, -0.1) is 0 Å². The number of piperidine rings is 1. The van der Waals surface area contributed by atoms with Crippen molar-refractivity contribution in [3.8, 4) is 0 Å². The topological polar surface area (TPSA) is 82.9 Å². The van der Waals surface area contributed by atoms with Crippen molar-refractivity contribution in [2.45, 2.75) is 52.0 Å². The summed E-state index contributed by atoms with van der Waals surface area (Å²) in [5, 5.41) is 2.81. The van der Waals surface area contributed by atoms with E-state index in [1.165, 1.54) is 6.26 Å². The number of likely N-dealkylation sites (tertiary alicyclic amines) is 2. The van der Waals surface area contributed by atoms with Crippen LogP contribution in [0.5, 0.6) is 0 Å². The van der Waals surface area contributed by atoms with Crippen LogP contribution in [0.2, 0.25) is 0 Å². The molecule has 28 heavy (non-hydrogen) atoms. The van der Waals surface area contributed by atoms with Crippen molar-refractivity contribution in [2.24, 2.45) is 11.8 Å². The second kappa shape index (κ2) is 9.26. The molecular formula is C21H31N3O4. The number of furan rings is 1. The van der Waals surface area contributed by atoms with Crippen molar-refractivity contribution in [3.05, 3.63) is 24.2 Å². The van der Waals surface area contributed by atoms with Gasteiger partial charge in [-0.05, 0) is 49.7 Å². The zero-order valence-corrected chi connectivity index (χ0v) is 16.9. The summed E-state index contributed by atoms with van der Waals surface area (Å²) in [5.74, 6) is 0.348. The number of rotatable bonds is 6. The molecule has 3 heterocycles. The second-order valence-electron chi connectivity index (χ2n) is 8.23. The highest BCUT2D eigenvalue weighted by Gasteiger charge is 2.32. The van der Waals surface area contributed by atoms with Gasteiger partial charge < -0.3 is 19.5 Å². The maximum Gasteiger partial charge on any atom is 0.287 e. The molecule has 2 saturated heterocycles. The summed E-state index contributed by atoms with van der Waals surface area (Å²) in [4.78, 5) is 41.4. The fourth-order valence-electron chi connectivity index (χ4n) is 4.03. The molecule has 2 aliphatic rings. The Labute approximate surface area is 166 Å². The molecule has 1 aromatic rings. The van der Waals surface area contributed by atoms with Crippen LogP contribution >= 0.6 is 0 Å². The minimum absolute atomic E-state index is 0.0270. The SMILES string of the molecule is CC(C)C(NC(=O)c1ccco1)C(=O)N1CCC(CC(=O)N2CCCC2)CC1. The molecule has 0 spiro atoms. The first kappa shape index (κ1) is 20.4. The Bertz CT molecular complexity index is 672. The Morgan fingerprint density at radius 3 is 2.36 bits per heavy atom. The van der Waals surface area contributed by atoms with Crippen molar-refractivity contribution in [2.75, 3.05) is 26.2 Å². The van der Waals surface area contributed by atoms with Crippen LogP contribution in [0.1, 0.15) is 56.5 Å². The lowest BCUT2D eigenvalue weighted by molar-refractivity contribution is -0.136. The van der Waals surface area contributed by atoms with Crippen LogP contribution in [-0.4, -0.2) is 59.7 Å². The number of carbonyl (C=O) groups is 3. The number of amides is 3. The van der Waals surface area contributed by atoms with Crippen molar-refractivity contribution in [1.29, 1.82) is 0 Å². The van der Waals surface area contributed by atoms with Crippen LogP contribution in [0.15, 0.2) is 22.8 Å². The zero-order valence-electron chi connectivity index (χ0n) is 16.9. The van der Waals surface area contributed by atoms with E-state index in [9.17, 15) is 14.4 Å².